The minimum atomic E-state index is -1.49. The number of rotatable bonds is 28. The van der Waals surface area contributed by atoms with Gasteiger partial charge in [0.25, 0.3) is 0 Å². The predicted molar refractivity (Wildman–Crippen MR) is 289 cm³/mol. The van der Waals surface area contributed by atoms with Crippen LogP contribution in [0.5, 0.6) is 5.75 Å². The zero-order valence-corrected chi connectivity index (χ0v) is 47.1. The van der Waals surface area contributed by atoms with Gasteiger partial charge in [0.1, 0.15) is 59.4 Å². The molecule has 0 heterocycles. The first-order chi connectivity index (χ1) is 34.9. The van der Waals surface area contributed by atoms with E-state index in [9.17, 15) is 38.4 Å². The summed E-state index contributed by atoms with van der Waals surface area (Å²) in [6.45, 7) is 19.4. The normalized spacial score (nSPS) is 13.3. The molecule has 0 spiro atoms. The molecule has 0 bridgehead atoms. The molecule has 22 nitrogen and oxygen atoms in total. The third kappa shape index (κ3) is 28.7. The number of unbranched alkanes of at least 4 members (excludes halogenated alkanes) is 1. The third-order valence-corrected chi connectivity index (χ3v) is 10.5. The average Bonchev–Trinajstić information content (AvgIpc) is 3.30. The smallest absolute Gasteiger partial charge is 0.408 e. The molecule has 2 aromatic rings. The number of halogens is 1. The Hall–Kier alpha value is -6.84. The van der Waals surface area contributed by atoms with E-state index in [0.717, 1.165) is 0 Å². The standard InChI is InChI=1S/C53H83N9O13.ClH/c1-33(2)42(46(67)60-40(47(68)71-12)31-34-23-25-36(26-24-34)73-51(3,4)5)62-45(66)39(27-28-41(63)74-52(6,7)8)59-43(64)37(22-18-30-56-48(54)55)58-44(65)38(21-16-17-29-57-49(69)75-53(9,10)11)61-50(70)72-32-35-19-14-13-15-20-35;/h13-15,19-20,23-26,33,37-40,42H,16-18,21-22,27-32H2,1-12H3,(H,57,69)(H,58,65)(H,59,64)(H,60,67)(H,61,70)(H,62,66)(H4,54,55,56);1H/t37-,38-,39-,40-,42-;/m0./s1. The number of aliphatic imine (C=N–C) groups is 1. The fourth-order valence-corrected chi connectivity index (χ4v) is 7.06. The molecule has 76 heavy (non-hydrogen) atoms. The number of esters is 2. The third-order valence-electron chi connectivity index (χ3n) is 10.5. The fraction of sp³-hybridized carbons (Fsp3) is 0.604. The molecule has 6 amide bonds. The van der Waals surface area contributed by atoms with Crippen LogP contribution >= 0.6 is 12.4 Å². The number of benzene rings is 2. The molecule has 0 fully saturated rings. The Kier molecular flexibility index (Phi) is 28.8. The number of hydrogen-bond acceptors (Lipinski definition) is 14. The quantitative estimate of drug-likeness (QED) is 0.0187. The second-order valence-corrected chi connectivity index (χ2v) is 21.3. The number of guanidine groups is 1. The second-order valence-electron chi connectivity index (χ2n) is 21.3. The van der Waals surface area contributed by atoms with Crippen LogP contribution in [-0.4, -0.2) is 121 Å². The number of nitrogens with two attached hydrogens (primary N) is 2. The molecule has 0 aliphatic carbocycles. The van der Waals surface area contributed by atoms with Crippen LogP contribution in [0.4, 0.5) is 9.59 Å². The summed E-state index contributed by atoms with van der Waals surface area (Å²) in [5.74, 6) is -4.82. The van der Waals surface area contributed by atoms with Crippen molar-refractivity contribution in [3.8, 4) is 5.75 Å². The molecule has 2 aromatic carbocycles. The summed E-state index contributed by atoms with van der Waals surface area (Å²) < 4.78 is 27.1. The van der Waals surface area contributed by atoms with Gasteiger partial charge in [-0.05, 0) is 130 Å². The Morgan fingerprint density at radius 1 is 0.592 bits per heavy atom. The van der Waals surface area contributed by atoms with Crippen molar-refractivity contribution in [2.45, 2.75) is 181 Å². The van der Waals surface area contributed by atoms with Gasteiger partial charge in [0.15, 0.2) is 5.96 Å². The highest BCUT2D eigenvalue weighted by molar-refractivity contribution is 5.96. The van der Waals surface area contributed by atoms with Crippen LogP contribution in [0.1, 0.15) is 132 Å². The van der Waals surface area contributed by atoms with Crippen LogP contribution in [0.3, 0.4) is 0 Å². The highest BCUT2D eigenvalue weighted by Gasteiger charge is 2.35. The molecule has 2 rings (SSSR count). The number of methoxy groups -OCH3 is 1. The highest BCUT2D eigenvalue weighted by atomic mass is 35.5. The van der Waals surface area contributed by atoms with Gasteiger partial charge in [-0.2, -0.15) is 0 Å². The van der Waals surface area contributed by atoms with Gasteiger partial charge in [-0.1, -0.05) is 56.3 Å². The first-order valence-electron chi connectivity index (χ1n) is 25.2. The molecule has 23 heteroatoms. The summed E-state index contributed by atoms with van der Waals surface area (Å²) in [4.78, 5) is 112. The van der Waals surface area contributed by atoms with E-state index >= 15 is 0 Å². The zero-order valence-electron chi connectivity index (χ0n) is 46.3. The Bertz CT molecular complexity index is 2210. The minimum Gasteiger partial charge on any atom is -0.488 e. The summed E-state index contributed by atoms with van der Waals surface area (Å²) >= 11 is 0. The lowest BCUT2D eigenvalue weighted by Crippen LogP contribution is -2.60. The molecule has 426 valence electrons. The molecule has 0 aliphatic rings. The van der Waals surface area contributed by atoms with Gasteiger partial charge >= 0.3 is 24.1 Å². The van der Waals surface area contributed by atoms with Crippen LogP contribution in [0.2, 0.25) is 0 Å². The summed E-state index contributed by atoms with van der Waals surface area (Å²) in [5, 5.41) is 16.0. The van der Waals surface area contributed by atoms with Gasteiger partial charge in [0.2, 0.25) is 23.6 Å². The number of carbonyl (C=O) groups is 8. The first kappa shape index (κ1) is 67.2. The number of alkyl carbamates (subject to hydrolysis) is 2. The van der Waals surface area contributed by atoms with E-state index in [-0.39, 0.29) is 76.6 Å². The van der Waals surface area contributed by atoms with Crippen LogP contribution in [-0.2, 0) is 60.7 Å². The highest BCUT2D eigenvalue weighted by Crippen LogP contribution is 2.20. The number of ether oxygens (including phenoxy) is 5. The summed E-state index contributed by atoms with van der Waals surface area (Å²) in [5.41, 5.74) is 10.4. The Labute approximate surface area is 453 Å². The number of hydrogen-bond donors (Lipinski definition) is 8. The molecule has 0 aromatic heterocycles. The van der Waals surface area contributed by atoms with E-state index in [1.54, 1.807) is 110 Å². The number of nitrogens with zero attached hydrogens (tertiary/aromatic N) is 1. The molecular formula is C53H84ClN9O13. The van der Waals surface area contributed by atoms with Gasteiger partial charge in [-0.3, -0.25) is 29.0 Å². The number of carbonyl (C=O) groups excluding carboxylic acids is 8. The summed E-state index contributed by atoms with van der Waals surface area (Å²) in [6.07, 6.45) is -1.34. The number of amides is 6. The van der Waals surface area contributed by atoms with E-state index < -0.39 is 101 Å². The SMILES string of the molecule is COC(=O)[C@H](Cc1ccc(OC(C)(C)C)cc1)NC(=O)[C@@H](NC(=O)[C@H](CCC(=O)OC(C)(C)C)NC(=O)[C@H](CCCN=C(N)N)NC(=O)[C@H](CCCCNC(=O)OC(C)(C)C)NC(=O)OCc1ccccc1)C(C)C.Cl. The lowest BCUT2D eigenvalue weighted by molar-refractivity contribution is -0.155. The monoisotopic (exact) mass is 1090 g/mol. The van der Waals surface area contributed by atoms with Gasteiger partial charge in [0, 0.05) is 25.9 Å². The molecule has 0 saturated carbocycles. The molecule has 0 radical (unpaired) electrons. The maximum absolute atomic E-state index is 14.4. The van der Waals surface area contributed by atoms with Gasteiger partial charge < -0.3 is 67.1 Å². The van der Waals surface area contributed by atoms with Crippen molar-refractivity contribution in [2.75, 3.05) is 20.2 Å². The van der Waals surface area contributed by atoms with Crippen LogP contribution < -0.4 is 48.1 Å². The first-order valence-corrected chi connectivity index (χ1v) is 25.2. The van der Waals surface area contributed by atoms with Gasteiger partial charge in [-0.15, -0.1) is 12.4 Å². The Morgan fingerprint density at radius 3 is 1.67 bits per heavy atom. The van der Waals surface area contributed by atoms with E-state index in [0.29, 0.717) is 29.7 Å². The summed E-state index contributed by atoms with van der Waals surface area (Å²) in [7, 11) is 1.19. The zero-order chi connectivity index (χ0) is 56.5. The maximum atomic E-state index is 14.4. The number of nitrogens with one attached hydrogen (secondary N) is 6. The van der Waals surface area contributed by atoms with Crippen LogP contribution in [0.15, 0.2) is 59.6 Å². The van der Waals surface area contributed by atoms with E-state index in [1.807, 2.05) is 20.8 Å². The molecule has 10 N–H and O–H groups in total. The van der Waals surface area contributed by atoms with Crippen molar-refractivity contribution in [1.82, 2.24) is 31.9 Å². The molecular weight excluding hydrogens is 1010 g/mol. The van der Waals surface area contributed by atoms with Crippen molar-refractivity contribution in [3.63, 3.8) is 0 Å². The molecule has 0 unspecified atom stereocenters. The summed E-state index contributed by atoms with van der Waals surface area (Å²) in [6, 6.07) is 9.32. The average molecular weight is 1090 g/mol. The second kappa shape index (κ2) is 32.6. The maximum Gasteiger partial charge on any atom is 0.408 e. The van der Waals surface area contributed by atoms with E-state index in [4.69, 9.17) is 35.2 Å². The van der Waals surface area contributed by atoms with Crippen molar-refractivity contribution in [2.24, 2.45) is 22.4 Å². The van der Waals surface area contributed by atoms with Gasteiger partial charge in [0.05, 0.1) is 7.11 Å². The van der Waals surface area contributed by atoms with E-state index in [2.05, 4.69) is 36.9 Å². The van der Waals surface area contributed by atoms with Crippen LogP contribution in [0, 0.1) is 5.92 Å². The van der Waals surface area contributed by atoms with Crippen molar-refractivity contribution < 1.29 is 62.0 Å². The van der Waals surface area contributed by atoms with E-state index in [1.165, 1.54) is 7.11 Å². The molecule has 5 atom stereocenters. The minimum absolute atomic E-state index is 0. The van der Waals surface area contributed by atoms with Crippen molar-refractivity contribution >= 4 is 66.1 Å². The fourth-order valence-electron chi connectivity index (χ4n) is 7.06. The van der Waals surface area contributed by atoms with Gasteiger partial charge in [-0.25, -0.2) is 14.4 Å². The lowest BCUT2D eigenvalue weighted by Gasteiger charge is -2.28. The largest absolute Gasteiger partial charge is 0.488 e. The predicted octanol–water partition coefficient (Wildman–Crippen LogP) is 4.76. The lowest BCUT2D eigenvalue weighted by atomic mass is 10.00. The molecule has 0 saturated heterocycles. The van der Waals surface area contributed by atoms with Crippen LogP contribution in [0.25, 0.3) is 0 Å². The van der Waals surface area contributed by atoms with Crippen molar-refractivity contribution in [3.05, 3.63) is 65.7 Å². The van der Waals surface area contributed by atoms with Crippen molar-refractivity contribution in [1.29, 1.82) is 0 Å². The Morgan fingerprint density at radius 2 is 1.13 bits per heavy atom. The topological polar surface area (TPSA) is 319 Å². The molecule has 0 aliphatic heterocycles. The Balaban J connectivity index is 0.0000289.